The van der Waals surface area contributed by atoms with E-state index in [1.54, 1.807) is 23.9 Å². The topological polar surface area (TPSA) is 69.0 Å². The number of carbonyl (C=O) groups is 1. The molecule has 0 saturated heterocycles. The Morgan fingerprint density at radius 2 is 1.90 bits per heavy atom. The first kappa shape index (κ1) is 19.2. The van der Waals surface area contributed by atoms with Crippen LogP contribution in [0.15, 0.2) is 53.7 Å². The Bertz CT molecular complexity index is 1180. The van der Waals surface area contributed by atoms with Crippen molar-refractivity contribution in [3.05, 3.63) is 69.3 Å². The van der Waals surface area contributed by atoms with Crippen molar-refractivity contribution in [1.29, 1.82) is 0 Å². The standard InChI is InChI=1S/C22H18Cl2N4O2/c1-30-14-8-5-12(6-9-14)21-26-22-25-17-3-2-4-18(29)19(17)20(28(22)27-21)13-7-10-15(23)16(24)11-13/h5-11,20H,2-4H2,1H3,(H,25,26,27). The smallest absolute Gasteiger partial charge is 0.226 e. The van der Waals surface area contributed by atoms with Gasteiger partial charge in [-0.05, 0) is 54.8 Å². The van der Waals surface area contributed by atoms with Crippen LogP contribution in [-0.2, 0) is 4.79 Å². The molecule has 2 heterocycles. The number of hydrogen-bond acceptors (Lipinski definition) is 5. The maximum Gasteiger partial charge on any atom is 0.226 e. The van der Waals surface area contributed by atoms with E-state index in [0.717, 1.165) is 41.0 Å². The number of benzene rings is 2. The monoisotopic (exact) mass is 440 g/mol. The van der Waals surface area contributed by atoms with Gasteiger partial charge in [-0.15, -0.1) is 5.10 Å². The molecule has 0 bridgehead atoms. The number of Topliss-reactive ketones (excluding diaryl/α,β-unsaturated/α-hetero) is 1. The number of rotatable bonds is 3. The molecule has 6 nitrogen and oxygen atoms in total. The summed E-state index contributed by atoms with van der Waals surface area (Å²) in [7, 11) is 1.63. The zero-order valence-electron chi connectivity index (χ0n) is 16.2. The van der Waals surface area contributed by atoms with Crippen molar-refractivity contribution in [2.75, 3.05) is 12.4 Å². The maximum absolute atomic E-state index is 12.9. The van der Waals surface area contributed by atoms with Crippen molar-refractivity contribution in [2.24, 2.45) is 0 Å². The number of nitrogens with one attached hydrogen (secondary N) is 1. The normalized spacial score (nSPS) is 18.0. The molecule has 1 atom stereocenters. The molecule has 5 rings (SSSR count). The third kappa shape index (κ3) is 3.16. The fourth-order valence-corrected chi connectivity index (χ4v) is 4.32. The van der Waals surface area contributed by atoms with Gasteiger partial charge >= 0.3 is 0 Å². The summed E-state index contributed by atoms with van der Waals surface area (Å²) < 4.78 is 7.00. The van der Waals surface area contributed by atoms with E-state index in [4.69, 9.17) is 38.0 Å². The van der Waals surface area contributed by atoms with Gasteiger partial charge in [-0.3, -0.25) is 4.79 Å². The Morgan fingerprint density at radius 3 is 2.63 bits per heavy atom. The highest BCUT2D eigenvalue weighted by atomic mass is 35.5. The Labute approximate surface area is 183 Å². The van der Waals surface area contributed by atoms with E-state index in [1.165, 1.54) is 0 Å². The van der Waals surface area contributed by atoms with Crippen LogP contribution in [0.25, 0.3) is 11.4 Å². The number of aromatic nitrogens is 3. The van der Waals surface area contributed by atoms with Crippen molar-refractivity contribution in [3.63, 3.8) is 0 Å². The van der Waals surface area contributed by atoms with Crippen LogP contribution in [0.4, 0.5) is 5.95 Å². The summed E-state index contributed by atoms with van der Waals surface area (Å²) in [5.74, 6) is 2.05. The molecule has 0 spiro atoms. The molecule has 1 aromatic heterocycles. The molecule has 0 fully saturated rings. The number of methoxy groups -OCH3 is 1. The SMILES string of the molecule is COc1ccc(-c2nc3n(n2)C(c2ccc(Cl)c(Cl)c2)C2=C(CCCC2=O)N3)cc1. The molecular formula is C22H18Cl2N4O2. The molecule has 152 valence electrons. The largest absolute Gasteiger partial charge is 0.497 e. The van der Waals surface area contributed by atoms with E-state index in [0.29, 0.717) is 28.2 Å². The molecule has 3 aromatic rings. The lowest BCUT2D eigenvalue weighted by atomic mass is 9.85. The summed E-state index contributed by atoms with van der Waals surface area (Å²) in [6.45, 7) is 0. The molecule has 30 heavy (non-hydrogen) atoms. The quantitative estimate of drug-likeness (QED) is 0.599. The number of nitrogens with zero attached hydrogens (tertiary/aromatic N) is 3. The second-order valence-corrected chi connectivity index (χ2v) is 8.12. The van der Waals surface area contributed by atoms with Crippen LogP contribution in [0.3, 0.4) is 0 Å². The molecule has 0 saturated carbocycles. The van der Waals surface area contributed by atoms with Crippen LogP contribution < -0.4 is 10.1 Å². The lowest BCUT2D eigenvalue weighted by Crippen LogP contribution is -2.31. The van der Waals surface area contributed by atoms with Crippen molar-refractivity contribution in [2.45, 2.75) is 25.3 Å². The first-order valence-electron chi connectivity index (χ1n) is 9.64. The minimum Gasteiger partial charge on any atom is -0.497 e. The van der Waals surface area contributed by atoms with Gasteiger partial charge in [0.15, 0.2) is 11.6 Å². The number of anilines is 1. The van der Waals surface area contributed by atoms with Gasteiger partial charge in [0.05, 0.1) is 17.2 Å². The summed E-state index contributed by atoms with van der Waals surface area (Å²) in [6.07, 6.45) is 2.13. The third-order valence-corrected chi connectivity index (χ3v) is 6.21. The zero-order valence-corrected chi connectivity index (χ0v) is 17.7. The first-order chi connectivity index (χ1) is 14.5. The summed E-state index contributed by atoms with van der Waals surface area (Å²) >= 11 is 12.4. The molecule has 0 radical (unpaired) electrons. The zero-order chi connectivity index (χ0) is 20.8. The van der Waals surface area contributed by atoms with Gasteiger partial charge in [0.25, 0.3) is 0 Å². The molecule has 1 aliphatic carbocycles. The maximum atomic E-state index is 12.9. The van der Waals surface area contributed by atoms with Crippen molar-refractivity contribution >= 4 is 34.9 Å². The number of carbonyl (C=O) groups excluding carboxylic acids is 1. The molecule has 0 amide bonds. The van der Waals surface area contributed by atoms with Crippen LogP contribution in [0.1, 0.15) is 30.9 Å². The number of allylic oxidation sites excluding steroid dienone is 2. The lowest BCUT2D eigenvalue weighted by Gasteiger charge is -2.32. The molecule has 2 aliphatic rings. The third-order valence-electron chi connectivity index (χ3n) is 5.48. The number of ether oxygens (including phenoxy) is 1. The number of fused-ring (bicyclic) bond motifs is 1. The van der Waals surface area contributed by atoms with Gasteiger partial charge in [-0.25, -0.2) is 4.68 Å². The lowest BCUT2D eigenvalue weighted by molar-refractivity contribution is -0.116. The van der Waals surface area contributed by atoms with Crippen LogP contribution in [-0.4, -0.2) is 27.7 Å². The summed E-state index contributed by atoms with van der Waals surface area (Å²) in [4.78, 5) is 17.6. The first-order valence-corrected chi connectivity index (χ1v) is 10.4. The summed E-state index contributed by atoms with van der Waals surface area (Å²) in [5.41, 5.74) is 3.33. The highest BCUT2D eigenvalue weighted by Gasteiger charge is 2.37. The second-order valence-electron chi connectivity index (χ2n) is 7.30. The fraction of sp³-hybridized carbons (Fsp3) is 0.227. The average molecular weight is 441 g/mol. The predicted molar refractivity (Wildman–Crippen MR) is 116 cm³/mol. The van der Waals surface area contributed by atoms with Gasteiger partial charge in [-0.2, -0.15) is 4.98 Å². The van der Waals surface area contributed by atoms with Gasteiger partial charge in [0, 0.05) is 23.3 Å². The Hall–Kier alpha value is -2.83. The fourth-order valence-electron chi connectivity index (χ4n) is 4.01. The van der Waals surface area contributed by atoms with Crippen molar-refractivity contribution < 1.29 is 9.53 Å². The summed E-state index contributed by atoms with van der Waals surface area (Å²) in [6, 6.07) is 12.6. The van der Waals surface area contributed by atoms with Crippen LogP contribution in [0, 0.1) is 0 Å². The average Bonchev–Trinajstić information content (AvgIpc) is 3.18. The number of ketones is 1. The highest BCUT2D eigenvalue weighted by molar-refractivity contribution is 6.42. The van der Waals surface area contributed by atoms with E-state index in [2.05, 4.69) is 5.32 Å². The number of hydrogen-bond donors (Lipinski definition) is 1. The van der Waals surface area contributed by atoms with Gasteiger partial charge in [0.2, 0.25) is 5.95 Å². The second kappa shape index (κ2) is 7.45. The Morgan fingerprint density at radius 1 is 1.10 bits per heavy atom. The van der Waals surface area contributed by atoms with Crippen LogP contribution in [0.2, 0.25) is 10.0 Å². The van der Waals surface area contributed by atoms with Crippen LogP contribution >= 0.6 is 23.2 Å². The van der Waals surface area contributed by atoms with E-state index in [9.17, 15) is 4.79 Å². The molecule has 2 aromatic carbocycles. The summed E-state index contributed by atoms with van der Waals surface area (Å²) in [5, 5.41) is 8.99. The predicted octanol–water partition coefficient (Wildman–Crippen LogP) is 5.28. The molecule has 1 aliphatic heterocycles. The van der Waals surface area contributed by atoms with E-state index in [1.807, 2.05) is 30.3 Å². The van der Waals surface area contributed by atoms with E-state index in [-0.39, 0.29) is 5.78 Å². The molecule has 1 unspecified atom stereocenters. The molecular weight excluding hydrogens is 423 g/mol. The molecule has 8 heteroatoms. The van der Waals surface area contributed by atoms with Crippen molar-refractivity contribution in [3.8, 4) is 17.1 Å². The minimum absolute atomic E-state index is 0.118. The van der Waals surface area contributed by atoms with E-state index < -0.39 is 6.04 Å². The van der Waals surface area contributed by atoms with Crippen molar-refractivity contribution in [1.82, 2.24) is 14.8 Å². The number of halogens is 2. The highest BCUT2D eigenvalue weighted by Crippen LogP contribution is 2.41. The Balaban J connectivity index is 1.65. The van der Waals surface area contributed by atoms with Gasteiger partial charge in [-0.1, -0.05) is 29.3 Å². The minimum atomic E-state index is -0.404. The van der Waals surface area contributed by atoms with Gasteiger partial charge < -0.3 is 10.1 Å². The van der Waals surface area contributed by atoms with Crippen LogP contribution in [0.5, 0.6) is 5.75 Å². The van der Waals surface area contributed by atoms with E-state index >= 15 is 0 Å². The van der Waals surface area contributed by atoms with Gasteiger partial charge in [0.1, 0.15) is 11.8 Å². The molecule has 1 N–H and O–H groups in total. The Kier molecular flexibility index (Phi) is 4.76.